The average Bonchev–Trinajstić information content (AvgIpc) is 2.63. The summed E-state index contributed by atoms with van der Waals surface area (Å²) < 4.78 is 32.2. The van der Waals surface area contributed by atoms with Crippen LogP contribution in [0.2, 0.25) is 0 Å². The van der Waals surface area contributed by atoms with Crippen LogP contribution < -0.4 is 10.0 Å². The molecule has 0 unspecified atom stereocenters. The number of sulfonamides is 1. The summed E-state index contributed by atoms with van der Waals surface area (Å²) in [6, 6.07) is 15.6. The summed E-state index contributed by atoms with van der Waals surface area (Å²) in [6.07, 6.45) is 0.595. The highest BCUT2D eigenvalue weighted by Crippen LogP contribution is 2.12. The van der Waals surface area contributed by atoms with Crippen LogP contribution in [0.1, 0.15) is 15.9 Å². The highest BCUT2D eigenvalue weighted by Gasteiger charge is 2.15. The van der Waals surface area contributed by atoms with Crippen molar-refractivity contribution in [3.05, 3.63) is 65.7 Å². The summed E-state index contributed by atoms with van der Waals surface area (Å²) >= 11 is 0. The molecule has 6 nitrogen and oxygen atoms in total. The van der Waals surface area contributed by atoms with Gasteiger partial charge in [-0.05, 0) is 30.2 Å². The second-order valence-corrected chi connectivity index (χ2v) is 7.18. The molecule has 0 atom stereocenters. The van der Waals surface area contributed by atoms with Crippen molar-refractivity contribution in [2.24, 2.45) is 0 Å². The first-order valence-electron chi connectivity index (χ1n) is 7.94. The maximum absolute atomic E-state index is 12.4. The second-order valence-electron chi connectivity index (χ2n) is 5.41. The summed E-state index contributed by atoms with van der Waals surface area (Å²) in [4.78, 5) is 12.1. The van der Waals surface area contributed by atoms with Gasteiger partial charge in [0.15, 0.2) is 0 Å². The third kappa shape index (κ3) is 5.97. The van der Waals surface area contributed by atoms with Crippen molar-refractivity contribution in [1.82, 2.24) is 10.0 Å². The molecule has 2 rings (SSSR count). The van der Waals surface area contributed by atoms with Crippen LogP contribution in [0.15, 0.2) is 59.5 Å². The van der Waals surface area contributed by atoms with Crippen LogP contribution in [0.3, 0.4) is 0 Å². The van der Waals surface area contributed by atoms with E-state index in [0.717, 1.165) is 5.56 Å². The smallest absolute Gasteiger partial charge is 0.251 e. The number of carbonyl (C=O) groups is 1. The van der Waals surface area contributed by atoms with Crippen LogP contribution in [0.5, 0.6) is 0 Å². The SMILES string of the molecule is COCCNC(=O)c1cccc(S(=O)(=O)NCCc2ccccc2)c1. The Morgan fingerprint density at radius 2 is 1.80 bits per heavy atom. The first-order valence-corrected chi connectivity index (χ1v) is 9.42. The van der Waals surface area contributed by atoms with Crippen molar-refractivity contribution in [2.75, 3.05) is 26.8 Å². The van der Waals surface area contributed by atoms with E-state index in [0.29, 0.717) is 25.1 Å². The van der Waals surface area contributed by atoms with Crippen molar-refractivity contribution in [1.29, 1.82) is 0 Å². The van der Waals surface area contributed by atoms with Crippen molar-refractivity contribution >= 4 is 15.9 Å². The molecule has 7 heteroatoms. The summed E-state index contributed by atoms with van der Waals surface area (Å²) in [5.74, 6) is -0.335. The molecule has 0 heterocycles. The molecule has 0 saturated carbocycles. The largest absolute Gasteiger partial charge is 0.383 e. The zero-order valence-electron chi connectivity index (χ0n) is 14.1. The normalized spacial score (nSPS) is 11.2. The minimum atomic E-state index is -3.67. The maximum Gasteiger partial charge on any atom is 0.251 e. The highest BCUT2D eigenvalue weighted by molar-refractivity contribution is 7.89. The zero-order valence-corrected chi connectivity index (χ0v) is 14.9. The fourth-order valence-electron chi connectivity index (χ4n) is 2.23. The molecule has 134 valence electrons. The Balaban J connectivity index is 1.99. The van der Waals surface area contributed by atoms with Crippen molar-refractivity contribution in [3.8, 4) is 0 Å². The van der Waals surface area contributed by atoms with Gasteiger partial charge in [0, 0.05) is 25.8 Å². The van der Waals surface area contributed by atoms with E-state index < -0.39 is 10.0 Å². The van der Waals surface area contributed by atoms with E-state index in [-0.39, 0.29) is 17.3 Å². The van der Waals surface area contributed by atoms with Crippen LogP contribution in [-0.2, 0) is 21.2 Å². The topological polar surface area (TPSA) is 84.5 Å². The summed E-state index contributed by atoms with van der Waals surface area (Å²) in [6.45, 7) is 1.04. The lowest BCUT2D eigenvalue weighted by Crippen LogP contribution is -2.28. The third-order valence-electron chi connectivity index (χ3n) is 3.55. The van der Waals surface area contributed by atoms with E-state index in [4.69, 9.17) is 4.74 Å². The van der Waals surface area contributed by atoms with Crippen molar-refractivity contribution < 1.29 is 17.9 Å². The Hall–Kier alpha value is -2.22. The number of hydrogen-bond donors (Lipinski definition) is 2. The lowest BCUT2D eigenvalue weighted by Gasteiger charge is -2.09. The van der Waals surface area contributed by atoms with Gasteiger partial charge in [-0.1, -0.05) is 36.4 Å². The van der Waals surface area contributed by atoms with Crippen LogP contribution >= 0.6 is 0 Å². The number of carbonyl (C=O) groups excluding carboxylic acids is 1. The number of ether oxygens (including phenoxy) is 1. The average molecular weight is 362 g/mol. The number of rotatable bonds is 9. The predicted molar refractivity (Wildman–Crippen MR) is 96.0 cm³/mol. The number of amides is 1. The zero-order chi connectivity index (χ0) is 18.1. The molecule has 0 aliphatic rings. The molecular formula is C18H22N2O4S. The summed E-state index contributed by atoms with van der Waals surface area (Å²) in [5, 5.41) is 2.66. The molecule has 2 aromatic carbocycles. The first kappa shape index (κ1) is 19.1. The van der Waals surface area contributed by atoms with E-state index in [1.54, 1.807) is 19.2 Å². The van der Waals surface area contributed by atoms with E-state index in [9.17, 15) is 13.2 Å². The molecular weight excluding hydrogens is 340 g/mol. The van der Waals surface area contributed by atoms with Gasteiger partial charge >= 0.3 is 0 Å². The van der Waals surface area contributed by atoms with Crippen molar-refractivity contribution in [3.63, 3.8) is 0 Å². The van der Waals surface area contributed by atoms with Gasteiger partial charge in [-0.25, -0.2) is 13.1 Å². The van der Waals surface area contributed by atoms with Crippen LogP contribution in [0.25, 0.3) is 0 Å². The molecule has 25 heavy (non-hydrogen) atoms. The molecule has 0 bridgehead atoms. The predicted octanol–water partition coefficient (Wildman–Crippen LogP) is 1.58. The van der Waals surface area contributed by atoms with Gasteiger partial charge < -0.3 is 10.1 Å². The minimum Gasteiger partial charge on any atom is -0.383 e. The highest BCUT2D eigenvalue weighted by atomic mass is 32.2. The van der Waals surface area contributed by atoms with Gasteiger partial charge in [0.1, 0.15) is 0 Å². The van der Waals surface area contributed by atoms with Gasteiger partial charge in [-0.2, -0.15) is 0 Å². The fourth-order valence-corrected chi connectivity index (χ4v) is 3.31. The molecule has 0 fully saturated rings. The molecule has 0 radical (unpaired) electrons. The van der Waals surface area contributed by atoms with Gasteiger partial charge in [0.25, 0.3) is 5.91 Å². The lowest BCUT2D eigenvalue weighted by atomic mass is 10.2. The van der Waals surface area contributed by atoms with Gasteiger partial charge in [-0.3, -0.25) is 4.79 Å². The Morgan fingerprint density at radius 1 is 1.04 bits per heavy atom. The lowest BCUT2D eigenvalue weighted by molar-refractivity contribution is 0.0937. The Morgan fingerprint density at radius 3 is 2.52 bits per heavy atom. The third-order valence-corrected chi connectivity index (χ3v) is 5.01. The van der Waals surface area contributed by atoms with E-state index in [1.165, 1.54) is 12.1 Å². The summed E-state index contributed by atoms with van der Waals surface area (Å²) in [7, 11) is -2.12. The number of hydrogen-bond acceptors (Lipinski definition) is 4. The number of methoxy groups -OCH3 is 1. The Kier molecular flexibility index (Phi) is 7.12. The first-order chi connectivity index (χ1) is 12.0. The molecule has 0 spiro atoms. The molecule has 2 aromatic rings. The van der Waals surface area contributed by atoms with E-state index in [1.807, 2.05) is 30.3 Å². The van der Waals surface area contributed by atoms with E-state index in [2.05, 4.69) is 10.0 Å². The molecule has 1 amide bonds. The van der Waals surface area contributed by atoms with Crippen LogP contribution in [-0.4, -0.2) is 41.1 Å². The Labute approximate surface area is 148 Å². The fraction of sp³-hybridized carbons (Fsp3) is 0.278. The molecule has 0 aromatic heterocycles. The van der Waals surface area contributed by atoms with Crippen LogP contribution in [0.4, 0.5) is 0 Å². The molecule has 2 N–H and O–H groups in total. The standard InChI is InChI=1S/C18H22N2O4S/c1-24-13-12-19-18(21)16-8-5-9-17(14-16)25(22,23)20-11-10-15-6-3-2-4-7-15/h2-9,14,20H,10-13H2,1H3,(H,19,21). The van der Waals surface area contributed by atoms with Gasteiger partial charge in [-0.15, -0.1) is 0 Å². The second kappa shape index (κ2) is 9.31. The number of nitrogens with one attached hydrogen (secondary N) is 2. The Bertz CT molecular complexity index is 792. The molecule has 0 aliphatic heterocycles. The number of benzene rings is 2. The quantitative estimate of drug-likeness (QED) is 0.664. The van der Waals surface area contributed by atoms with Crippen LogP contribution in [0, 0.1) is 0 Å². The molecule has 0 saturated heterocycles. The molecule has 0 aliphatic carbocycles. The minimum absolute atomic E-state index is 0.0694. The van der Waals surface area contributed by atoms with Gasteiger partial charge in [0.2, 0.25) is 10.0 Å². The maximum atomic E-state index is 12.4. The monoisotopic (exact) mass is 362 g/mol. The van der Waals surface area contributed by atoms with E-state index >= 15 is 0 Å². The summed E-state index contributed by atoms with van der Waals surface area (Å²) in [5.41, 5.74) is 1.35. The van der Waals surface area contributed by atoms with Crippen molar-refractivity contribution in [2.45, 2.75) is 11.3 Å². The van der Waals surface area contributed by atoms with Gasteiger partial charge in [0.05, 0.1) is 11.5 Å².